The van der Waals surface area contributed by atoms with Crippen LogP contribution < -0.4 is 10.5 Å². The molecule has 2 aromatic rings. The molecule has 1 heterocycles. The Morgan fingerprint density at radius 2 is 2.06 bits per heavy atom. The fourth-order valence-corrected chi connectivity index (χ4v) is 1.94. The van der Waals surface area contributed by atoms with E-state index in [-0.39, 0.29) is 6.04 Å². The van der Waals surface area contributed by atoms with Crippen molar-refractivity contribution < 1.29 is 4.74 Å². The predicted molar refractivity (Wildman–Crippen MR) is 71.5 cm³/mol. The van der Waals surface area contributed by atoms with Gasteiger partial charge in [-0.3, -0.25) is 0 Å². The summed E-state index contributed by atoms with van der Waals surface area (Å²) in [6, 6.07) is 8.15. The fraction of sp³-hybridized carbons (Fsp3) is 0.357. The van der Waals surface area contributed by atoms with Gasteiger partial charge >= 0.3 is 0 Å². The molecule has 2 N–H and O–H groups in total. The lowest BCUT2D eigenvalue weighted by molar-refractivity contribution is 0.414. The third-order valence-electron chi connectivity index (χ3n) is 3.01. The van der Waals surface area contributed by atoms with E-state index in [4.69, 9.17) is 10.5 Å². The first kappa shape index (κ1) is 12.6. The molecular formula is C14H19N3O. The van der Waals surface area contributed by atoms with Gasteiger partial charge in [0.1, 0.15) is 5.75 Å². The van der Waals surface area contributed by atoms with Crippen molar-refractivity contribution in [2.24, 2.45) is 5.73 Å². The van der Waals surface area contributed by atoms with Gasteiger partial charge < -0.3 is 15.0 Å². The van der Waals surface area contributed by atoms with Crippen LogP contribution in [0.2, 0.25) is 0 Å². The maximum Gasteiger partial charge on any atom is 0.118 e. The van der Waals surface area contributed by atoms with E-state index >= 15 is 0 Å². The summed E-state index contributed by atoms with van der Waals surface area (Å²) in [5, 5.41) is 0. The number of hydrogen-bond donors (Lipinski definition) is 1. The van der Waals surface area contributed by atoms with E-state index in [9.17, 15) is 0 Å². The summed E-state index contributed by atoms with van der Waals surface area (Å²) in [5.74, 6) is 0.887. The SMILES string of the molecule is COc1ccc(CCn2cncc2C(C)N)cc1. The second-order valence-electron chi connectivity index (χ2n) is 4.40. The van der Waals surface area contributed by atoms with Gasteiger partial charge in [-0.05, 0) is 31.0 Å². The van der Waals surface area contributed by atoms with Crippen molar-refractivity contribution in [1.29, 1.82) is 0 Å². The van der Waals surface area contributed by atoms with Crippen LogP contribution in [0.15, 0.2) is 36.8 Å². The number of nitrogens with two attached hydrogens (primary N) is 1. The number of benzene rings is 1. The summed E-state index contributed by atoms with van der Waals surface area (Å²) in [4.78, 5) is 4.15. The van der Waals surface area contributed by atoms with Crippen LogP contribution in [0.1, 0.15) is 24.2 Å². The van der Waals surface area contributed by atoms with Crippen LogP contribution in [0.25, 0.3) is 0 Å². The summed E-state index contributed by atoms with van der Waals surface area (Å²) < 4.78 is 7.24. The van der Waals surface area contributed by atoms with Crippen LogP contribution >= 0.6 is 0 Å². The molecular weight excluding hydrogens is 226 g/mol. The molecule has 1 aromatic heterocycles. The smallest absolute Gasteiger partial charge is 0.118 e. The molecule has 1 atom stereocenters. The van der Waals surface area contributed by atoms with Crippen LogP contribution in [0, 0.1) is 0 Å². The van der Waals surface area contributed by atoms with Crippen LogP contribution in [0.3, 0.4) is 0 Å². The van der Waals surface area contributed by atoms with Gasteiger partial charge in [0, 0.05) is 18.8 Å². The molecule has 0 aliphatic rings. The van der Waals surface area contributed by atoms with Crippen LogP contribution in [0.5, 0.6) is 5.75 Å². The van der Waals surface area contributed by atoms with E-state index in [0.29, 0.717) is 0 Å². The second-order valence-corrected chi connectivity index (χ2v) is 4.40. The Balaban J connectivity index is 2.00. The number of imidazole rings is 1. The summed E-state index contributed by atoms with van der Waals surface area (Å²) >= 11 is 0. The highest BCUT2D eigenvalue weighted by Gasteiger charge is 2.06. The first-order chi connectivity index (χ1) is 8.70. The molecule has 0 aliphatic heterocycles. The largest absolute Gasteiger partial charge is 0.497 e. The average Bonchev–Trinajstić information content (AvgIpc) is 2.85. The average molecular weight is 245 g/mol. The molecule has 0 radical (unpaired) electrons. The van der Waals surface area contributed by atoms with Crippen molar-refractivity contribution in [3.8, 4) is 5.75 Å². The zero-order valence-corrected chi connectivity index (χ0v) is 10.8. The van der Waals surface area contributed by atoms with Gasteiger partial charge in [0.2, 0.25) is 0 Å². The van der Waals surface area contributed by atoms with E-state index in [1.165, 1.54) is 5.56 Å². The molecule has 18 heavy (non-hydrogen) atoms. The molecule has 0 aliphatic carbocycles. The third-order valence-corrected chi connectivity index (χ3v) is 3.01. The normalized spacial score (nSPS) is 12.4. The van der Waals surface area contributed by atoms with Gasteiger partial charge in [-0.15, -0.1) is 0 Å². The highest BCUT2D eigenvalue weighted by atomic mass is 16.5. The standard InChI is InChI=1S/C14H19N3O/c1-11(15)14-9-16-10-17(14)8-7-12-3-5-13(18-2)6-4-12/h3-6,9-11H,7-8,15H2,1-2H3. The lowest BCUT2D eigenvalue weighted by Gasteiger charge is -2.10. The van der Waals surface area contributed by atoms with Gasteiger partial charge in [0.15, 0.2) is 0 Å². The number of aromatic nitrogens is 2. The Morgan fingerprint density at radius 3 is 2.67 bits per heavy atom. The van der Waals surface area contributed by atoms with Crippen molar-refractivity contribution in [3.05, 3.63) is 48.0 Å². The molecule has 0 amide bonds. The minimum atomic E-state index is 0.0170. The highest BCUT2D eigenvalue weighted by Crippen LogP contribution is 2.14. The molecule has 2 rings (SSSR count). The molecule has 0 fully saturated rings. The molecule has 0 saturated carbocycles. The Kier molecular flexibility index (Phi) is 3.99. The first-order valence-electron chi connectivity index (χ1n) is 6.09. The van der Waals surface area contributed by atoms with Crippen molar-refractivity contribution in [2.75, 3.05) is 7.11 Å². The Bertz CT molecular complexity index is 488. The maximum absolute atomic E-state index is 5.89. The van der Waals surface area contributed by atoms with Gasteiger partial charge in [-0.25, -0.2) is 4.98 Å². The third kappa shape index (κ3) is 2.90. The Morgan fingerprint density at radius 1 is 1.33 bits per heavy atom. The minimum absolute atomic E-state index is 0.0170. The minimum Gasteiger partial charge on any atom is -0.497 e. The number of nitrogens with zero attached hydrogens (tertiary/aromatic N) is 2. The monoisotopic (exact) mass is 245 g/mol. The highest BCUT2D eigenvalue weighted by molar-refractivity contribution is 5.27. The van der Waals surface area contributed by atoms with Crippen LogP contribution in [0.4, 0.5) is 0 Å². The van der Waals surface area contributed by atoms with Gasteiger partial charge in [0.25, 0.3) is 0 Å². The first-order valence-corrected chi connectivity index (χ1v) is 6.09. The summed E-state index contributed by atoms with van der Waals surface area (Å²) in [6.07, 6.45) is 4.63. The lowest BCUT2D eigenvalue weighted by atomic mass is 10.1. The molecule has 4 nitrogen and oxygen atoms in total. The molecule has 0 bridgehead atoms. The Labute approximate surface area is 107 Å². The van der Waals surface area contributed by atoms with E-state index < -0.39 is 0 Å². The fourth-order valence-electron chi connectivity index (χ4n) is 1.94. The van der Waals surface area contributed by atoms with Crippen LogP contribution in [-0.2, 0) is 13.0 Å². The topological polar surface area (TPSA) is 53.1 Å². The summed E-state index contributed by atoms with van der Waals surface area (Å²) in [5.41, 5.74) is 8.24. The molecule has 1 aromatic carbocycles. The Hall–Kier alpha value is -1.81. The van der Waals surface area contributed by atoms with Gasteiger partial charge in [0.05, 0.1) is 19.1 Å². The maximum atomic E-state index is 5.89. The second kappa shape index (κ2) is 5.69. The van der Waals surface area contributed by atoms with E-state index in [2.05, 4.69) is 21.7 Å². The number of aryl methyl sites for hydroxylation is 2. The van der Waals surface area contributed by atoms with Crippen molar-refractivity contribution in [2.45, 2.75) is 25.9 Å². The molecule has 96 valence electrons. The summed E-state index contributed by atoms with van der Waals surface area (Å²) in [6.45, 7) is 2.87. The number of rotatable bonds is 5. The predicted octanol–water partition coefficient (Wildman–Crippen LogP) is 2.15. The van der Waals surface area contributed by atoms with Crippen molar-refractivity contribution in [3.63, 3.8) is 0 Å². The quantitative estimate of drug-likeness (QED) is 0.878. The van der Waals surface area contributed by atoms with E-state index in [1.54, 1.807) is 7.11 Å². The van der Waals surface area contributed by atoms with E-state index in [1.807, 2.05) is 31.6 Å². The van der Waals surface area contributed by atoms with Gasteiger partial charge in [-0.1, -0.05) is 12.1 Å². The number of ether oxygens (including phenoxy) is 1. The molecule has 4 heteroatoms. The van der Waals surface area contributed by atoms with Crippen LogP contribution in [-0.4, -0.2) is 16.7 Å². The summed E-state index contributed by atoms with van der Waals surface area (Å²) in [7, 11) is 1.68. The van der Waals surface area contributed by atoms with E-state index in [0.717, 1.165) is 24.4 Å². The lowest BCUT2D eigenvalue weighted by Crippen LogP contribution is -2.12. The number of hydrogen-bond acceptors (Lipinski definition) is 3. The van der Waals surface area contributed by atoms with Crippen molar-refractivity contribution >= 4 is 0 Å². The van der Waals surface area contributed by atoms with Gasteiger partial charge in [-0.2, -0.15) is 0 Å². The molecule has 0 saturated heterocycles. The zero-order chi connectivity index (χ0) is 13.0. The van der Waals surface area contributed by atoms with Crippen molar-refractivity contribution in [1.82, 2.24) is 9.55 Å². The molecule has 0 spiro atoms. The number of methoxy groups -OCH3 is 1. The zero-order valence-electron chi connectivity index (χ0n) is 10.8. The molecule has 1 unspecified atom stereocenters.